The molecule has 5 nitrogen and oxygen atoms in total. The van der Waals surface area contributed by atoms with E-state index in [2.05, 4.69) is 63.5 Å². The van der Waals surface area contributed by atoms with Crippen LogP contribution in [-0.4, -0.2) is 39.0 Å². The van der Waals surface area contributed by atoms with E-state index in [1.54, 1.807) is 0 Å². The minimum absolute atomic E-state index is 0.124. The molecule has 0 N–H and O–H groups in total. The van der Waals surface area contributed by atoms with Gasteiger partial charge in [0.15, 0.2) is 0 Å². The van der Waals surface area contributed by atoms with Gasteiger partial charge in [-0.2, -0.15) is 0 Å². The van der Waals surface area contributed by atoms with Crippen molar-refractivity contribution in [1.29, 1.82) is 0 Å². The molecular formula is C26H33N3O2. The van der Waals surface area contributed by atoms with Crippen LogP contribution in [-0.2, 0) is 11.3 Å². The van der Waals surface area contributed by atoms with Gasteiger partial charge < -0.3 is 14.2 Å². The van der Waals surface area contributed by atoms with E-state index in [1.807, 2.05) is 23.1 Å². The molecule has 4 rings (SSSR count). The highest BCUT2D eigenvalue weighted by Gasteiger charge is 2.38. The average molecular weight is 420 g/mol. The quantitative estimate of drug-likeness (QED) is 0.514. The van der Waals surface area contributed by atoms with Crippen LogP contribution in [0.3, 0.4) is 0 Å². The Kier molecular flexibility index (Phi) is 5.78. The second-order valence-corrected chi connectivity index (χ2v) is 9.59. The number of imidazole rings is 1. The van der Waals surface area contributed by atoms with Gasteiger partial charge in [0.25, 0.3) is 0 Å². The van der Waals surface area contributed by atoms with Gasteiger partial charge in [0.05, 0.1) is 17.6 Å². The summed E-state index contributed by atoms with van der Waals surface area (Å²) in [6.45, 7) is 12.7. The predicted octanol–water partition coefficient (Wildman–Crippen LogP) is 5.24. The van der Waals surface area contributed by atoms with Crippen molar-refractivity contribution >= 4 is 16.9 Å². The first-order valence-corrected chi connectivity index (χ1v) is 11.2. The Morgan fingerprint density at radius 1 is 1.10 bits per heavy atom. The first-order chi connectivity index (χ1) is 14.8. The molecule has 3 aromatic rings. The molecular weight excluding hydrogens is 386 g/mol. The summed E-state index contributed by atoms with van der Waals surface area (Å²) in [5.41, 5.74) is 4.40. The topological polar surface area (TPSA) is 47.4 Å². The molecule has 1 fully saturated rings. The lowest BCUT2D eigenvalue weighted by molar-refractivity contribution is -0.131. The van der Waals surface area contributed by atoms with Crippen molar-refractivity contribution in [2.75, 3.05) is 13.2 Å². The third-order valence-corrected chi connectivity index (χ3v) is 6.32. The van der Waals surface area contributed by atoms with E-state index in [9.17, 15) is 4.79 Å². The molecule has 0 spiro atoms. The summed E-state index contributed by atoms with van der Waals surface area (Å²) in [4.78, 5) is 19.6. The van der Waals surface area contributed by atoms with Gasteiger partial charge >= 0.3 is 0 Å². The van der Waals surface area contributed by atoms with Gasteiger partial charge in [-0.3, -0.25) is 4.79 Å². The molecule has 0 aliphatic carbocycles. The third-order valence-electron chi connectivity index (χ3n) is 6.32. The number of rotatable bonds is 6. The second kappa shape index (κ2) is 8.37. The molecule has 1 aliphatic heterocycles. The summed E-state index contributed by atoms with van der Waals surface area (Å²) in [5, 5.41) is 0. The fourth-order valence-corrected chi connectivity index (χ4v) is 4.45. The number of ether oxygens (including phenoxy) is 1. The average Bonchev–Trinajstić information content (AvgIpc) is 3.29. The highest BCUT2D eigenvalue weighted by atomic mass is 16.5. The lowest BCUT2D eigenvalue weighted by Gasteiger charge is -2.32. The van der Waals surface area contributed by atoms with Crippen LogP contribution in [0.15, 0.2) is 42.5 Å². The summed E-state index contributed by atoms with van der Waals surface area (Å²) >= 11 is 0. The number of hydrogen-bond donors (Lipinski definition) is 0. The van der Waals surface area contributed by atoms with Crippen molar-refractivity contribution in [1.82, 2.24) is 14.5 Å². The number of para-hydroxylation sites is 2. The molecule has 0 bridgehead atoms. The third kappa shape index (κ3) is 4.32. The molecule has 5 heteroatoms. The Morgan fingerprint density at radius 2 is 1.87 bits per heavy atom. The van der Waals surface area contributed by atoms with Gasteiger partial charge in [-0.1, -0.05) is 24.3 Å². The van der Waals surface area contributed by atoms with Crippen molar-refractivity contribution in [3.8, 4) is 5.75 Å². The summed E-state index contributed by atoms with van der Waals surface area (Å²) in [5.74, 6) is 2.32. The Hall–Kier alpha value is -2.82. The number of nitrogens with zero attached hydrogens (tertiary/aromatic N) is 3. The van der Waals surface area contributed by atoms with Crippen LogP contribution in [0.5, 0.6) is 5.75 Å². The monoisotopic (exact) mass is 419 g/mol. The number of likely N-dealkylation sites (tertiary alicyclic amines) is 1. The van der Waals surface area contributed by atoms with Crippen LogP contribution in [0, 0.1) is 13.8 Å². The molecule has 164 valence electrons. The minimum atomic E-state index is -0.164. The fraction of sp³-hybridized carbons (Fsp3) is 0.462. The lowest BCUT2D eigenvalue weighted by Crippen LogP contribution is -2.42. The molecule has 1 amide bonds. The standard InChI is InChI=1S/C26H33N3O2/c1-18-10-8-13-23(19(18)2)31-15-9-14-28-22-12-7-6-11-21(22)27-25(28)20-16-24(30)29(17-20)26(3,4)5/h6-8,10-13,20H,9,14-17H2,1-5H3/t20-/m0/s1. The van der Waals surface area contributed by atoms with E-state index >= 15 is 0 Å². The zero-order valence-electron chi connectivity index (χ0n) is 19.3. The second-order valence-electron chi connectivity index (χ2n) is 9.59. The molecule has 31 heavy (non-hydrogen) atoms. The van der Waals surface area contributed by atoms with Crippen molar-refractivity contribution in [3.63, 3.8) is 0 Å². The molecule has 2 aromatic carbocycles. The van der Waals surface area contributed by atoms with Crippen molar-refractivity contribution in [3.05, 3.63) is 59.4 Å². The zero-order valence-corrected chi connectivity index (χ0v) is 19.3. The van der Waals surface area contributed by atoms with E-state index in [-0.39, 0.29) is 17.4 Å². The molecule has 1 atom stereocenters. The van der Waals surface area contributed by atoms with Gasteiger partial charge in [0.2, 0.25) is 5.91 Å². The smallest absolute Gasteiger partial charge is 0.223 e. The van der Waals surface area contributed by atoms with E-state index in [4.69, 9.17) is 9.72 Å². The van der Waals surface area contributed by atoms with E-state index in [0.717, 1.165) is 42.1 Å². The number of hydrogen-bond acceptors (Lipinski definition) is 3. The van der Waals surface area contributed by atoms with Crippen LogP contribution in [0.1, 0.15) is 56.5 Å². The summed E-state index contributed by atoms with van der Waals surface area (Å²) in [7, 11) is 0. The maximum atomic E-state index is 12.7. The minimum Gasteiger partial charge on any atom is -0.493 e. The van der Waals surface area contributed by atoms with E-state index in [1.165, 1.54) is 11.1 Å². The highest BCUT2D eigenvalue weighted by molar-refractivity contribution is 5.81. The van der Waals surface area contributed by atoms with Crippen LogP contribution in [0.2, 0.25) is 0 Å². The number of aromatic nitrogens is 2. The zero-order chi connectivity index (χ0) is 22.2. The SMILES string of the molecule is Cc1cccc(OCCCn2c([C@H]3CC(=O)N(C(C)(C)C)C3)nc3ccccc32)c1C. The molecule has 0 saturated carbocycles. The van der Waals surface area contributed by atoms with Gasteiger partial charge in [-0.25, -0.2) is 4.98 Å². The molecule has 0 unspecified atom stereocenters. The fourth-order valence-electron chi connectivity index (χ4n) is 4.45. The van der Waals surface area contributed by atoms with Crippen molar-refractivity contribution in [2.45, 2.75) is 65.5 Å². The first-order valence-electron chi connectivity index (χ1n) is 11.2. The van der Waals surface area contributed by atoms with Gasteiger partial charge in [-0.05, 0) is 70.4 Å². The van der Waals surface area contributed by atoms with E-state index in [0.29, 0.717) is 13.0 Å². The number of aryl methyl sites for hydroxylation is 2. The highest BCUT2D eigenvalue weighted by Crippen LogP contribution is 2.34. The van der Waals surface area contributed by atoms with Crippen LogP contribution in [0.25, 0.3) is 11.0 Å². The van der Waals surface area contributed by atoms with Crippen molar-refractivity contribution in [2.24, 2.45) is 0 Å². The first kappa shape index (κ1) is 21.4. The molecule has 2 heterocycles. The molecule has 0 radical (unpaired) electrons. The maximum Gasteiger partial charge on any atom is 0.223 e. The molecule has 1 saturated heterocycles. The van der Waals surface area contributed by atoms with Gasteiger partial charge in [0.1, 0.15) is 11.6 Å². The maximum absolute atomic E-state index is 12.7. The number of amides is 1. The number of fused-ring (bicyclic) bond motifs is 1. The Bertz CT molecular complexity index is 1090. The van der Waals surface area contributed by atoms with Gasteiger partial charge in [0, 0.05) is 31.0 Å². The largest absolute Gasteiger partial charge is 0.493 e. The number of carbonyl (C=O) groups excluding carboxylic acids is 1. The normalized spacial score (nSPS) is 17.0. The summed E-state index contributed by atoms with van der Waals surface area (Å²) in [6, 6.07) is 14.4. The Balaban J connectivity index is 1.52. The lowest BCUT2D eigenvalue weighted by atomic mass is 10.1. The summed E-state index contributed by atoms with van der Waals surface area (Å²) < 4.78 is 8.37. The molecule has 1 aromatic heterocycles. The van der Waals surface area contributed by atoms with E-state index < -0.39 is 0 Å². The van der Waals surface area contributed by atoms with Crippen LogP contribution in [0.4, 0.5) is 0 Å². The van der Waals surface area contributed by atoms with Crippen molar-refractivity contribution < 1.29 is 9.53 Å². The Morgan fingerprint density at radius 3 is 2.61 bits per heavy atom. The Labute approximate surface area is 185 Å². The van der Waals surface area contributed by atoms with Gasteiger partial charge in [-0.15, -0.1) is 0 Å². The number of carbonyl (C=O) groups is 1. The van der Waals surface area contributed by atoms with Crippen LogP contribution < -0.4 is 4.74 Å². The predicted molar refractivity (Wildman–Crippen MR) is 125 cm³/mol. The molecule has 1 aliphatic rings. The van der Waals surface area contributed by atoms with Crippen LogP contribution >= 0.6 is 0 Å². The number of benzene rings is 2. The summed E-state index contributed by atoms with van der Waals surface area (Å²) in [6.07, 6.45) is 1.41.